The molecule has 0 aliphatic heterocycles. The van der Waals surface area contributed by atoms with Crippen LogP contribution in [0.25, 0.3) is 10.9 Å². The number of carbonyl (C=O) groups is 1. The summed E-state index contributed by atoms with van der Waals surface area (Å²) in [6.45, 7) is 0. The summed E-state index contributed by atoms with van der Waals surface area (Å²) in [7, 11) is 0. The largest absolute Gasteiger partial charge is 0.481 e. The van der Waals surface area contributed by atoms with Gasteiger partial charge in [0, 0.05) is 43.0 Å². The van der Waals surface area contributed by atoms with Crippen LogP contribution in [0.4, 0.5) is 0 Å². The molecule has 0 saturated heterocycles. The molecule has 2 aromatic rings. The van der Waals surface area contributed by atoms with Crippen molar-refractivity contribution in [3.05, 3.63) is 36.0 Å². The Hall–Kier alpha value is -1.15. The molecule has 0 spiro atoms. The number of aryl methyl sites for hydroxylation is 1. The number of fused-ring (bicyclic) bond motifs is 1. The number of rotatable bonds is 3. The van der Waals surface area contributed by atoms with E-state index in [0.29, 0.717) is 6.42 Å². The Morgan fingerprint density at radius 3 is 2.80 bits per heavy atom. The van der Waals surface area contributed by atoms with Gasteiger partial charge in [0.15, 0.2) is 0 Å². The van der Waals surface area contributed by atoms with Crippen molar-refractivity contribution in [2.45, 2.75) is 12.8 Å². The van der Waals surface area contributed by atoms with Crippen molar-refractivity contribution < 1.29 is 29.4 Å². The fourth-order valence-electron chi connectivity index (χ4n) is 1.58. The molecule has 0 unspecified atom stereocenters. The normalized spacial score (nSPS) is 9.87. The molecule has 74 valence electrons. The smallest absolute Gasteiger partial charge is 0.303 e. The van der Waals surface area contributed by atoms with Gasteiger partial charge in [0.1, 0.15) is 0 Å². The van der Waals surface area contributed by atoms with Gasteiger partial charge in [0.2, 0.25) is 0 Å². The number of aromatic nitrogens is 1. The van der Waals surface area contributed by atoms with E-state index < -0.39 is 5.97 Å². The Kier molecular flexibility index (Phi) is 4.04. The predicted octanol–water partition coefficient (Wildman–Crippen LogP) is 2.18. The standard InChI is InChI=1S/C11H11NO2.Zn/c13-11(14)6-5-8-7-12-10-4-2-1-3-9(8)10;/h1-4,7,12H,5-6H2,(H,13,14);. The minimum Gasteiger partial charge on any atom is -0.481 e. The topological polar surface area (TPSA) is 53.1 Å². The van der Waals surface area contributed by atoms with E-state index >= 15 is 0 Å². The van der Waals surface area contributed by atoms with E-state index in [2.05, 4.69) is 4.98 Å². The molecule has 2 N–H and O–H groups in total. The molecule has 0 fully saturated rings. The minimum atomic E-state index is -0.754. The van der Waals surface area contributed by atoms with E-state index in [1.165, 1.54) is 0 Å². The van der Waals surface area contributed by atoms with Crippen LogP contribution in [0.2, 0.25) is 0 Å². The van der Waals surface area contributed by atoms with Crippen LogP contribution < -0.4 is 0 Å². The molecule has 0 aliphatic carbocycles. The maximum atomic E-state index is 10.4. The maximum absolute atomic E-state index is 10.4. The van der Waals surface area contributed by atoms with E-state index in [1.54, 1.807) is 0 Å². The number of hydrogen-bond donors (Lipinski definition) is 2. The van der Waals surface area contributed by atoms with E-state index in [4.69, 9.17) is 5.11 Å². The minimum absolute atomic E-state index is 0. The number of carboxylic acids is 1. The molecular weight excluding hydrogens is 244 g/mol. The second kappa shape index (κ2) is 5.08. The monoisotopic (exact) mass is 253 g/mol. The first-order valence-corrected chi connectivity index (χ1v) is 4.54. The van der Waals surface area contributed by atoms with Crippen LogP contribution in [0, 0.1) is 0 Å². The van der Waals surface area contributed by atoms with E-state index in [-0.39, 0.29) is 25.9 Å². The fourth-order valence-corrected chi connectivity index (χ4v) is 1.58. The summed E-state index contributed by atoms with van der Waals surface area (Å²) in [6, 6.07) is 7.91. The zero-order valence-electron chi connectivity index (χ0n) is 8.36. The van der Waals surface area contributed by atoms with Crippen LogP contribution in [0.5, 0.6) is 0 Å². The van der Waals surface area contributed by atoms with Crippen molar-refractivity contribution in [1.29, 1.82) is 0 Å². The summed E-state index contributed by atoms with van der Waals surface area (Å²) in [6.07, 6.45) is 2.65. The molecule has 0 saturated carbocycles. The van der Waals surface area contributed by atoms with Gasteiger partial charge in [-0.2, -0.15) is 0 Å². The number of benzene rings is 1. The molecule has 1 heterocycles. The van der Waals surface area contributed by atoms with Gasteiger partial charge in [0.25, 0.3) is 0 Å². The van der Waals surface area contributed by atoms with Gasteiger partial charge < -0.3 is 10.1 Å². The molecule has 2 rings (SSSR count). The zero-order valence-corrected chi connectivity index (χ0v) is 11.3. The Morgan fingerprint density at radius 1 is 1.33 bits per heavy atom. The summed E-state index contributed by atoms with van der Waals surface area (Å²) in [5.41, 5.74) is 2.14. The van der Waals surface area contributed by atoms with Crippen molar-refractivity contribution in [3.8, 4) is 0 Å². The second-order valence-corrected chi connectivity index (χ2v) is 3.25. The number of aliphatic carboxylic acids is 1. The summed E-state index contributed by atoms with van der Waals surface area (Å²) in [4.78, 5) is 13.5. The van der Waals surface area contributed by atoms with Gasteiger partial charge in [-0.3, -0.25) is 4.79 Å². The third-order valence-corrected chi connectivity index (χ3v) is 2.28. The number of para-hydroxylation sites is 1. The summed E-state index contributed by atoms with van der Waals surface area (Å²) >= 11 is 0. The number of H-pyrrole nitrogens is 1. The van der Waals surface area contributed by atoms with E-state index in [0.717, 1.165) is 16.5 Å². The quantitative estimate of drug-likeness (QED) is 0.825. The first-order valence-electron chi connectivity index (χ1n) is 4.54. The SMILES string of the molecule is O=C(O)CCc1c[nH]c2ccccc12.[Zn]. The Bertz CT molecular complexity index is 464. The van der Waals surface area contributed by atoms with Crippen molar-refractivity contribution in [2.75, 3.05) is 0 Å². The molecule has 15 heavy (non-hydrogen) atoms. The molecule has 4 heteroatoms. The number of aromatic amines is 1. The molecular formula is C11H11NO2Zn. The first kappa shape index (κ1) is 11.9. The van der Waals surface area contributed by atoms with Crippen LogP contribution in [0.3, 0.4) is 0 Å². The number of carboxylic acid groups (broad SMARTS) is 1. The van der Waals surface area contributed by atoms with Gasteiger partial charge in [0.05, 0.1) is 0 Å². The zero-order chi connectivity index (χ0) is 9.97. The summed E-state index contributed by atoms with van der Waals surface area (Å²) in [5.74, 6) is -0.754. The molecule has 0 amide bonds. The molecule has 0 bridgehead atoms. The molecule has 3 nitrogen and oxygen atoms in total. The van der Waals surface area contributed by atoms with Crippen LogP contribution >= 0.6 is 0 Å². The Morgan fingerprint density at radius 2 is 2.07 bits per heavy atom. The van der Waals surface area contributed by atoms with E-state index in [9.17, 15) is 4.79 Å². The van der Waals surface area contributed by atoms with Crippen LogP contribution in [0.1, 0.15) is 12.0 Å². The predicted molar refractivity (Wildman–Crippen MR) is 54.3 cm³/mol. The summed E-state index contributed by atoms with van der Waals surface area (Å²) in [5, 5.41) is 9.69. The molecule has 0 atom stereocenters. The summed E-state index contributed by atoms with van der Waals surface area (Å²) < 4.78 is 0. The van der Waals surface area contributed by atoms with Crippen molar-refractivity contribution >= 4 is 16.9 Å². The first-order chi connectivity index (χ1) is 6.77. The van der Waals surface area contributed by atoms with Gasteiger partial charge in [-0.25, -0.2) is 0 Å². The molecule has 1 aromatic carbocycles. The van der Waals surface area contributed by atoms with Gasteiger partial charge >= 0.3 is 5.97 Å². The average molecular weight is 255 g/mol. The van der Waals surface area contributed by atoms with Crippen molar-refractivity contribution in [3.63, 3.8) is 0 Å². The van der Waals surface area contributed by atoms with Crippen LogP contribution in [0.15, 0.2) is 30.5 Å². The number of nitrogens with one attached hydrogen (secondary N) is 1. The van der Waals surface area contributed by atoms with Gasteiger partial charge in [-0.15, -0.1) is 0 Å². The molecule has 0 aliphatic rings. The van der Waals surface area contributed by atoms with Crippen LogP contribution in [-0.4, -0.2) is 16.1 Å². The molecule has 1 aromatic heterocycles. The molecule has 0 radical (unpaired) electrons. The van der Waals surface area contributed by atoms with Crippen LogP contribution in [-0.2, 0) is 30.7 Å². The van der Waals surface area contributed by atoms with Crippen molar-refractivity contribution in [2.24, 2.45) is 0 Å². The maximum Gasteiger partial charge on any atom is 0.303 e. The average Bonchev–Trinajstić information content (AvgIpc) is 2.58. The van der Waals surface area contributed by atoms with E-state index in [1.807, 2.05) is 30.5 Å². The van der Waals surface area contributed by atoms with Gasteiger partial charge in [-0.05, 0) is 18.1 Å². The Balaban J connectivity index is 0.00000112. The third kappa shape index (κ3) is 2.66. The Labute approximate surface area is 100 Å². The second-order valence-electron chi connectivity index (χ2n) is 3.25. The van der Waals surface area contributed by atoms with Crippen molar-refractivity contribution in [1.82, 2.24) is 4.98 Å². The van der Waals surface area contributed by atoms with Gasteiger partial charge in [-0.1, -0.05) is 18.2 Å². The fraction of sp³-hybridized carbons (Fsp3) is 0.182. The number of hydrogen-bond acceptors (Lipinski definition) is 1. The third-order valence-electron chi connectivity index (χ3n) is 2.28.